The molecule has 1 aliphatic rings. The number of hydrogen-bond acceptors (Lipinski definition) is 3. The summed E-state index contributed by atoms with van der Waals surface area (Å²) in [6, 6.07) is 0.668. The van der Waals surface area contributed by atoms with E-state index in [0.717, 1.165) is 13.0 Å². The summed E-state index contributed by atoms with van der Waals surface area (Å²) in [4.78, 5) is 2.44. The maximum absolute atomic E-state index is 10.2. The van der Waals surface area contributed by atoms with Gasteiger partial charge in [-0.1, -0.05) is 6.42 Å². The molecular formula is C9H19N2O2S-. The Morgan fingerprint density at radius 1 is 1.57 bits per heavy atom. The molecule has 0 aromatic rings. The third-order valence-electron chi connectivity index (χ3n) is 2.78. The minimum absolute atomic E-state index is 0.555. The van der Waals surface area contributed by atoms with Crippen LogP contribution in [0.4, 0.5) is 0 Å². The van der Waals surface area contributed by atoms with E-state index in [2.05, 4.69) is 16.5 Å². The lowest BCUT2D eigenvalue weighted by Gasteiger charge is -2.33. The van der Waals surface area contributed by atoms with Gasteiger partial charge in [-0.15, -0.1) is 0 Å². The molecule has 1 fully saturated rings. The Kier molecular flexibility index (Phi) is 5.62. The van der Waals surface area contributed by atoms with Crippen LogP contribution in [-0.2, 0) is 11.3 Å². The molecular weight excluding hydrogens is 200 g/mol. The Balaban J connectivity index is 2.07. The Bertz CT molecular complexity index is 190. The monoisotopic (exact) mass is 219 g/mol. The van der Waals surface area contributed by atoms with Gasteiger partial charge in [-0.05, 0) is 39.3 Å². The summed E-state index contributed by atoms with van der Waals surface area (Å²) in [7, 11) is 0. The topological polar surface area (TPSA) is 55.4 Å². The van der Waals surface area contributed by atoms with Crippen LogP contribution in [0, 0.1) is 0 Å². The van der Waals surface area contributed by atoms with Gasteiger partial charge in [0.25, 0.3) is 0 Å². The van der Waals surface area contributed by atoms with Gasteiger partial charge in [0, 0.05) is 23.9 Å². The third kappa shape index (κ3) is 4.50. The second-order valence-electron chi connectivity index (χ2n) is 3.86. The highest BCUT2D eigenvalue weighted by atomic mass is 32.2. The van der Waals surface area contributed by atoms with Crippen molar-refractivity contribution in [2.75, 3.05) is 19.6 Å². The molecule has 1 heterocycles. The number of likely N-dealkylation sites (tertiary alicyclic amines) is 1. The highest BCUT2D eigenvalue weighted by Crippen LogP contribution is 2.15. The SMILES string of the molecule is CC1CCCCN1CCCNS(=O)[O-]. The molecule has 2 atom stereocenters. The van der Waals surface area contributed by atoms with Crippen molar-refractivity contribution in [2.24, 2.45) is 0 Å². The summed E-state index contributed by atoms with van der Waals surface area (Å²) in [5.74, 6) is 0. The zero-order valence-corrected chi connectivity index (χ0v) is 9.52. The number of piperidine rings is 1. The highest BCUT2D eigenvalue weighted by molar-refractivity contribution is 7.77. The summed E-state index contributed by atoms with van der Waals surface area (Å²) in [6.45, 7) is 4.98. The highest BCUT2D eigenvalue weighted by Gasteiger charge is 2.16. The van der Waals surface area contributed by atoms with E-state index >= 15 is 0 Å². The van der Waals surface area contributed by atoms with Crippen molar-refractivity contribution in [1.82, 2.24) is 9.62 Å². The van der Waals surface area contributed by atoms with Crippen molar-refractivity contribution in [2.45, 2.75) is 38.6 Å². The van der Waals surface area contributed by atoms with Crippen LogP contribution in [-0.4, -0.2) is 39.3 Å². The van der Waals surface area contributed by atoms with Crippen LogP contribution in [0.15, 0.2) is 0 Å². The van der Waals surface area contributed by atoms with Gasteiger partial charge in [0.05, 0.1) is 0 Å². The Hall–Kier alpha value is 0.0300. The Morgan fingerprint density at radius 3 is 3.00 bits per heavy atom. The van der Waals surface area contributed by atoms with E-state index in [1.54, 1.807) is 0 Å². The van der Waals surface area contributed by atoms with Crippen LogP contribution < -0.4 is 4.72 Å². The van der Waals surface area contributed by atoms with Crippen LogP contribution in [0.25, 0.3) is 0 Å². The van der Waals surface area contributed by atoms with Crippen LogP contribution in [0.1, 0.15) is 32.6 Å². The van der Waals surface area contributed by atoms with Crippen LogP contribution >= 0.6 is 0 Å². The van der Waals surface area contributed by atoms with E-state index in [4.69, 9.17) is 0 Å². The number of nitrogens with zero attached hydrogens (tertiary/aromatic N) is 1. The van der Waals surface area contributed by atoms with E-state index in [1.165, 1.54) is 25.8 Å². The van der Waals surface area contributed by atoms with Gasteiger partial charge in [0.15, 0.2) is 0 Å². The van der Waals surface area contributed by atoms with Gasteiger partial charge < -0.3 is 9.45 Å². The molecule has 0 saturated carbocycles. The van der Waals surface area contributed by atoms with Crippen molar-refractivity contribution in [3.63, 3.8) is 0 Å². The maximum atomic E-state index is 10.2. The van der Waals surface area contributed by atoms with Gasteiger partial charge >= 0.3 is 0 Å². The lowest BCUT2D eigenvalue weighted by Crippen LogP contribution is -2.38. The fourth-order valence-corrected chi connectivity index (χ4v) is 2.24. The average molecular weight is 219 g/mol. The Morgan fingerprint density at radius 2 is 2.36 bits per heavy atom. The van der Waals surface area contributed by atoms with Crippen molar-refractivity contribution < 1.29 is 8.76 Å². The van der Waals surface area contributed by atoms with Crippen molar-refractivity contribution in [1.29, 1.82) is 0 Å². The first-order valence-corrected chi connectivity index (χ1v) is 6.34. The van der Waals surface area contributed by atoms with Gasteiger partial charge in [-0.25, -0.2) is 4.72 Å². The normalized spacial score (nSPS) is 26.3. The first kappa shape index (κ1) is 12.1. The van der Waals surface area contributed by atoms with Crippen LogP contribution in [0.3, 0.4) is 0 Å². The first-order chi connectivity index (χ1) is 6.70. The molecule has 1 saturated heterocycles. The van der Waals surface area contributed by atoms with Crippen LogP contribution in [0.5, 0.6) is 0 Å². The molecule has 14 heavy (non-hydrogen) atoms. The smallest absolute Gasteiger partial charge is 0.0181 e. The molecule has 1 rings (SSSR count). The summed E-state index contributed by atoms with van der Waals surface area (Å²) in [6.07, 6.45) is 4.80. The largest absolute Gasteiger partial charge is 0.760 e. The lowest BCUT2D eigenvalue weighted by atomic mass is 10.0. The molecule has 5 heteroatoms. The second-order valence-corrected chi connectivity index (χ2v) is 4.62. The lowest BCUT2D eigenvalue weighted by molar-refractivity contribution is 0.159. The van der Waals surface area contributed by atoms with E-state index in [9.17, 15) is 8.76 Å². The summed E-state index contributed by atoms with van der Waals surface area (Å²) < 4.78 is 22.8. The average Bonchev–Trinajstić information content (AvgIpc) is 2.15. The maximum Gasteiger partial charge on any atom is 0.0181 e. The summed E-state index contributed by atoms with van der Waals surface area (Å²) in [5, 5.41) is 0. The third-order valence-corrected chi connectivity index (χ3v) is 3.22. The molecule has 1 N–H and O–H groups in total. The molecule has 1 aliphatic heterocycles. The van der Waals surface area contributed by atoms with Gasteiger partial charge in [0.1, 0.15) is 0 Å². The quantitative estimate of drug-likeness (QED) is 0.545. The predicted octanol–water partition coefficient (Wildman–Crippen LogP) is 0.635. The molecule has 4 nitrogen and oxygen atoms in total. The second kappa shape index (κ2) is 6.50. The van der Waals surface area contributed by atoms with E-state index < -0.39 is 11.3 Å². The zero-order chi connectivity index (χ0) is 10.4. The zero-order valence-electron chi connectivity index (χ0n) is 8.70. The molecule has 0 spiro atoms. The molecule has 0 amide bonds. The van der Waals surface area contributed by atoms with E-state index in [1.807, 2.05) is 0 Å². The minimum atomic E-state index is -2.10. The minimum Gasteiger partial charge on any atom is -0.760 e. The number of nitrogens with one attached hydrogen (secondary N) is 1. The molecule has 0 aromatic carbocycles. The van der Waals surface area contributed by atoms with E-state index in [0.29, 0.717) is 12.6 Å². The van der Waals surface area contributed by atoms with Gasteiger partial charge in [-0.2, -0.15) is 0 Å². The molecule has 0 radical (unpaired) electrons. The standard InChI is InChI=1S/C9H20N2O2S/c1-9-5-2-3-7-11(9)8-4-6-10-14(12)13/h9-10H,2-8H2,1H3,(H,12,13)/p-1. The van der Waals surface area contributed by atoms with Gasteiger partial charge in [-0.3, -0.25) is 4.21 Å². The fraction of sp³-hybridized carbons (Fsp3) is 1.00. The molecule has 0 aliphatic carbocycles. The van der Waals surface area contributed by atoms with Gasteiger partial charge in [0.2, 0.25) is 0 Å². The van der Waals surface area contributed by atoms with E-state index in [-0.39, 0.29) is 0 Å². The predicted molar refractivity (Wildman–Crippen MR) is 56.4 cm³/mol. The molecule has 2 unspecified atom stereocenters. The molecule has 84 valence electrons. The summed E-state index contributed by atoms with van der Waals surface area (Å²) >= 11 is -2.10. The fourth-order valence-electron chi connectivity index (χ4n) is 1.93. The van der Waals surface area contributed by atoms with Crippen molar-refractivity contribution >= 4 is 11.3 Å². The number of rotatable bonds is 5. The molecule has 0 aromatic heterocycles. The van der Waals surface area contributed by atoms with Crippen molar-refractivity contribution in [3.05, 3.63) is 0 Å². The van der Waals surface area contributed by atoms with Crippen LogP contribution in [0.2, 0.25) is 0 Å². The van der Waals surface area contributed by atoms with Crippen molar-refractivity contribution in [3.8, 4) is 0 Å². The number of hydrogen-bond donors (Lipinski definition) is 1. The Labute approximate surface area is 88.5 Å². The molecule has 0 bridgehead atoms. The summed E-state index contributed by atoms with van der Waals surface area (Å²) in [5.41, 5.74) is 0. The first-order valence-electron chi connectivity index (χ1n) is 5.27.